The van der Waals surface area contributed by atoms with Gasteiger partial charge in [0.15, 0.2) is 5.82 Å². The number of amides is 1. The highest BCUT2D eigenvalue weighted by Crippen LogP contribution is 2.41. The molecule has 0 spiro atoms. The van der Waals surface area contributed by atoms with Crippen LogP contribution in [-0.2, 0) is 4.79 Å². The molecule has 3 aliphatic heterocycles. The van der Waals surface area contributed by atoms with Crippen LogP contribution in [0.4, 0.5) is 19.0 Å². The standard InChI is InChI=1S/C33H32ClF3N6O2/c1-3-25(44)42-16-23(36)24(17-42)41(2)31-21-15-38-29(20-8-4-7-19-9-10-22(35)27(34)26(19)20)28(37)30(21)39-32(40-31)45-18-33-11-5-13-43(33)14-6-12-33/h3-4,7-10,15,23-24H,1,5-6,11-14,16-18H2,2H3/t23-,24-/m1/s1. The number of rotatable bonds is 7. The average Bonchev–Trinajstić information content (AvgIpc) is 3.75. The van der Waals surface area contributed by atoms with Crippen LogP contribution >= 0.6 is 11.6 Å². The number of fused-ring (bicyclic) bond motifs is 3. The number of likely N-dealkylation sites (N-methyl/N-ethyl adjacent to an activating group) is 1. The second-order valence-electron chi connectivity index (χ2n) is 12.1. The Hall–Kier alpha value is -3.96. The van der Waals surface area contributed by atoms with E-state index in [-0.39, 0.29) is 58.0 Å². The smallest absolute Gasteiger partial charge is 0.319 e. The Morgan fingerprint density at radius 2 is 1.96 bits per heavy atom. The van der Waals surface area contributed by atoms with E-state index in [9.17, 15) is 9.18 Å². The average molecular weight is 637 g/mol. The summed E-state index contributed by atoms with van der Waals surface area (Å²) in [7, 11) is 1.65. The zero-order valence-electron chi connectivity index (χ0n) is 24.8. The number of alkyl halides is 1. The van der Waals surface area contributed by atoms with Crippen LogP contribution in [-0.4, -0.2) is 88.2 Å². The van der Waals surface area contributed by atoms with Crippen LogP contribution in [0.15, 0.2) is 49.2 Å². The van der Waals surface area contributed by atoms with Gasteiger partial charge in [0, 0.05) is 30.7 Å². The molecular formula is C33H32ClF3N6O2. The Kier molecular flexibility index (Phi) is 7.56. The molecule has 0 radical (unpaired) electrons. The van der Waals surface area contributed by atoms with E-state index in [0.29, 0.717) is 22.9 Å². The minimum Gasteiger partial charge on any atom is -0.461 e. The molecule has 5 heterocycles. The zero-order valence-corrected chi connectivity index (χ0v) is 25.5. The summed E-state index contributed by atoms with van der Waals surface area (Å²) in [6.45, 7) is 5.87. The van der Waals surface area contributed by atoms with E-state index in [1.54, 1.807) is 36.2 Å². The van der Waals surface area contributed by atoms with Crippen molar-refractivity contribution in [3.63, 3.8) is 0 Å². The van der Waals surface area contributed by atoms with E-state index in [1.807, 2.05) is 0 Å². The minimum atomic E-state index is -1.39. The number of ether oxygens (including phenoxy) is 1. The van der Waals surface area contributed by atoms with Crippen molar-refractivity contribution >= 4 is 45.0 Å². The van der Waals surface area contributed by atoms with Crippen molar-refractivity contribution in [1.29, 1.82) is 0 Å². The second-order valence-corrected chi connectivity index (χ2v) is 12.5. The number of likely N-dealkylation sites (tertiary alicyclic amines) is 1. The fourth-order valence-electron chi connectivity index (χ4n) is 7.29. The van der Waals surface area contributed by atoms with Gasteiger partial charge in [0.1, 0.15) is 35.6 Å². The lowest BCUT2D eigenvalue weighted by atomic mass is 9.95. The first-order chi connectivity index (χ1) is 21.7. The van der Waals surface area contributed by atoms with Gasteiger partial charge >= 0.3 is 6.01 Å². The predicted molar refractivity (Wildman–Crippen MR) is 167 cm³/mol. The molecule has 0 saturated carbocycles. The Bertz CT molecular complexity index is 1830. The number of hydrogen-bond acceptors (Lipinski definition) is 7. The lowest BCUT2D eigenvalue weighted by Gasteiger charge is -2.31. The highest BCUT2D eigenvalue weighted by Gasteiger charge is 2.45. The molecule has 2 aromatic carbocycles. The topological polar surface area (TPSA) is 74.7 Å². The summed E-state index contributed by atoms with van der Waals surface area (Å²) in [5.74, 6) is -1.55. The van der Waals surface area contributed by atoms with E-state index in [2.05, 4.69) is 26.4 Å². The highest BCUT2D eigenvalue weighted by atomic mass is 35.5. The largest absolute Gasteiger partial charge is 0.461 e. The van der Waals surface area contributed by atoms with Crippen LogP contribution in [0.3, 0.4) is 0 Å². The number of nitrogens with zero attached hydrogens (tertiary/aromatic N) is 6. The molecule has 12 heteroatoms. The predicted octanol–water partition coefficient (Wildman–Crippen LogP) is 5.95. The summed E-state index contributed by atoms with van der Waals surface area (Å²) >= 11 is 6.37. The van der Waals surface area contributed by atoms with E-state index in [0.717, 1.165) is 44.8 Å². The molecule has 234 valence electrons. The lowest BCUT2D eigenvalue weighted by Crippen LogP contribution is -2.43. The summed E-state index contributed by atoms with van der Waals surface area (Å²) in [5.41, 5.74) is 0.0483. The van der Waals surface area contributed by atoms with Gasteiger partial charge in [0.2, 0.25) is 5.91 Å². The van der Waals surface area contributed by atoms with E-state index >= 15 is 8.78 Å². The first-order valence-corrected chi connectivity index (χ1v) is 15.5. The summed E-state index contributed by atoms with van der Waals surface area (Å²) in [4.78, 5) is 31.3. The number of pyridine rings is 1. The fourth-order valence-corrected chi connectivity index (χ4v) is 7.56. The normalized spacial score (nSPS) is 21.0. The lowest BCUT2D eigenvalue weighted by molar-refractivity contribution is -0.125. The van der Waals surface area contributed by atoms with E-state index < -0.39 is 23.8 Å². The summed E-state index contributed by atoms with van der Waals surface area (Å²) in [6.07, 6.45) is 5.34. The van der Waals surface area contributed by atoms with Gasteiger partial charge in [-0.1, -0.05) is 42.4 Å². The fraction of sp³-hybridized carbons (Fsp3) is 0.394. The summed E-state index contributed by atoms with van der Waals surface area (Å²) in [6, 6.07) is 7.14. The van der Waals surface area contributed by atoms with Gasteiger partial charge in [-0.05, 0) is 56.3 Å². The van der Waals surface area contributed by atoms with Gasteiger partial charge in [0.05, 0.1) is 28.5 Å². The third-order valence-electron chi connectivity index (χ3n) is 9.65. The first kappa shape index (κ1) is 29.7. The van der Waals surface area contributed by atoms with Crippen molar-refractivity contribution in [3.8, 4) is 17.3 Å². The van der Waals surface area contributed by atoms with Crippen LogP contribution < -0.4 is 9.64 Å². The number of carbonyl (C=O) groups is 1. The molecule has 2 atom stereocenters. The van der Waals surface area contributed by atoms with Crippen LogP contribution in [0.5, 0.6) is 6.01 Å². The number of halogens is 4. The van der Waals surface area contributed by atoms with Crippen LogP contribution in [0.25, 0.3) is 32.9 Å². The molecule has 0 N–H and O–H groups in total. The molecule has 3 saturated heterocycles. The van der Waals surface area contributed by atoms with Crippen molar-refractivity contribution in [3.05, 3.63) is 65.8 Å². The zero-order chi connectivity index (χ0) is 31.5. The van der Waals surface area contributed by atoms with Crippen LogP contribution in [0.1, 0.15) is 25.7 Å². The molecule has 7 rings (SSSR count). The Morgan fingerprint density at radius 1 is 1.18 bits per heavy atom. The molecule has 0 bridgehead atoms. The maximum absolute atomic E-state index is 16.7. The van der Waals surface area contributed by atoms with Gasteiger partial charge in [-0.15, -0.1) is 0 Å². The Balaban J connectivity index is 1.35. The molecule has 3 fully saturated rings. The molecule has 45 heavy (non-hydrogen) atoms. The molecule has 0 unspecified atom stereocenters. The van der Waals surface area contributed by atoms with E-state index in [4.69, 9.17) is 16.3 Å². The molecule has 0 aliphatic carbocycles. The van der Waals surface area contributed by atoms with Crippen LogP contribution in [0, 0.1) is 11.6 Å². The van der Waals surface area contributed by atoms with Crippen molar-refractivity contribution in [2.24, 2.45) is 0 Å². The van der Waals surface area contributed by atoms with Crippen molar-refractivity contribution in [2.45, 2.75) is 43.4 Å². The van der Waals surface area contributed by atoms with Gasteiger partial charge in [-0.2, -0.15) is 9.97 Å². The van der Waals surface area contributed by atoms with E-state index in [1.165, 1.54) is 17.2 Å². The molecule has 2 aromatic heterocycles. The third-order valence-corrected chi connectivity index (χ3v) is 10.0. The number of anilines is 1. The summed E-state index contributed by atoms with van der Waals surface area (Å²) in [5, 5.41) is 1.05. The number of carbonyl (C=O) groups excluding carboxylic acids is 1. The van der Waals surface area contributed by atoms with Gasteiger partial charge < -0.3 is 14.5 Å². The van der Waals surface area contributed by atoms with Gasteiger partial charge in [0.25, 0.3) is 0 Å². The Morgan fingerprint density at radius 3 is 2.71 bits per heavy atom. The quantitative estimate of drug-likeness (QED) is 0.232. The molecular weight excluding hydrogens is 605 g/mol. The molecule has 8 nitrogen and oxygen atoms in total. The van der Waals surface area contributed by atoms with Crippen LogP contribution in [0.2, 0.25) is 5.02 Å². The molecule has 1 amide bonds. The number of benzene rings is 2. The van der Waals surface area contributed by atoms with Crippen molar-refractivity contribution in [2.75, 3.05) is 44.7 Å². The Labute approximate surface area is 263 Å². The van der Waals surface area contributed by atoms with Crippen molar-refractivity contribution in [1.82, 2.24) is 24.8 Å². The first-order valence-electron chi connectivity index (χ1n) is 15.1. The third kappa shape index (κ3) is 4.96. The maximum atomic E-state index is 16.7. The maximum Gasteiger partial charge on any atom is 0.319 e. The molecule has 3 aliphatic rings. The summed E-state index contributed by atoms with van der Waals surface area (Å²) < 4.78 is 52.8. The van der Waals surface area contributed by atoms with Gasteiger partial charge in [-0.3, -0.25) is 14.7 Å². The van der Waals surface area contributed by atoms with Gasteiger partial charge in [-0.25, -0.2) is 13.2 Å². The highest BCUT2D eigenvalue weighted by molar-refractivity contribution is 6.36. The number of aromatic nitrogens is 3. The monoisotopic (exact) mass is 636 g/mol. The molecule has 4 aromatic rings. The van der Waals surface area contributed by atoms with Crippen molar-refractivity contribution < 1.29 is 22.7 Å². The minimum absolute atomic E-state index is 0.0389. The number of hydrogen-bond donors (Lipinski definition) is 0. The second kappa shape index (κ2) is 11.4. The SMILES string of the molecule is C=CC(=O)N1C[C@@H](F)[C@H](N(C)c2nc(OCC34CCCN3CCC4)nc3c(F)c(-c4cccc5ccc(F)c(Cl)c45)ncc23)C1.